The molecule has 0 heterocycles. The number of benzene rings is 2. The molecule has 0 unspecified atom stereocenters. The average molecular weight is 308 g/mol. The number of nitriles is 1. The van der Waals surface area contributed by atoms with Gasteiger partial charge in [-0.3, -0.25) is 4.79 Å². The molecular weight excluding hydrogens is 288 g/mol. The summed E-state index contributed by atoms with van der Waals surface area (Å²) in [6, 6.07) is 16.5. The molecule has 0 radical (unpaired) electrons. The first-order valence-corrected chi connectivity index (χ1v) is 7.42. The normalized spacial score (nSPS) is 10.7. The molecule has 0 fully saturated rings. The van der Waals surface area contributed by atoms with Gasteiger partial charge in [0.1, 0.15) is 5.75 Å². The Morgan fingerprint density at radius 2 is 1.70 bits per heavy atom. The number of ether oxygens (including phenoxy) is 1. The van der Waals surface area contributed by atoms with E-state index in [9.17, 15) is 4.79 Å². The van der Waals surface area contributed by atoms with Gasteiger partial charge in [0.2, 0.25) is 0 Å². The number of hydrogen-bond acceptors (Lipinski definition) is 3. The van der Waals surface area contributed by atoms with Crippen LogP contribution in [-0.4, -0.2) is 12.5 Å². The molecule has 23 heavy (non-hydrogen) atoms. The zero-order valence-corrected chi connectivity index (χ0v) is 13.6. The van der Waals surface area contributed by atoms with Crippen LogP contribution in [0, 0.1) is 11.3 Å². The van der Waals surface area contributed by atoms with E-state index in [4.69, 9.17) is 10.00 Å². The molecule has 2 rings (SSSR count). The maximum Gasteiger partial charge on any atom is 0.262 e. The number of carbonyl (C=O) groups excluding carboxylic acids is 1. The number of amides is 1. The average Bonchev–Trinajstić information content (AvgIpc) is 2.53. The molecule has 0 aliphatic heterocycles. The molecule has 0 atom stereocenters. The van der Waals surface area contributed by atoms with Crippen molar-refractivity contribution in [2.75, 3.05) is 11.9 Å². The minimum Gasteiger partial charge on any atom is -0.484 e. The predicted molar refractivity (Wildman–Crippen MR) is 90.4 cm³/mol. The Balaban J connectivity index is 1.88. The molecule has 0 aromatic heterocycles. The topological polar surface area (TPSA) is 62.1 Å². The second-order valence-corrected chi connectivity index (χ2v) is 6.30. The summed E-state index contributed by atoms with van der Waals surface area (Å²) in [5.74, 6) is 0.333. The van der Waals surface area contributed by atoms with E-state index in [-0.39, 0.29) is 17.9 Å². The first-order chi connectivity index (χ1) is 10.9. The highest BCUT2D eigenvalue weighted by Gasteiger charge is 2.13. The van der Waals surface area contributed by atoms with Crippen LogP contribution in [0.2, 0.25) is 0 Å². The Kier molecular flexibility index (Phi) is 5.02. The monoisotopic (exact) mass is 308 g/mol. The molecule has 118 valence electrons. The van der Waals surface area contributed by atoms with E-state index in [1.54, 1.807) is 24.3 Å². The molecular formula is C19H20N2O2. The van der Waals surface area contributed by atoms with Gasteiger partial charge in [-0.1, -0.05) is 32.9 Å². The van der Waals surface area contributed by atoms with Gasteiger partial charge in [0, 0.05) is 5.69 Å². The third-order valence-electron chi connectivity index (χ3n) is 3.39. The molecule has 0 aliphatic carbocycles. The molecule has 1 N–H and O–H groups in total. The first kappa shape index (κ1) is 16.6. The number of nitrogens with zero attached hydrogens (tertiary/aromatic N) is 1. The van der Waals surface area contributed by atoms with Crippen LogP contribution >= 0.6 is 0 Å². The van der Waals surface area contributed by atoms with Crippen molar-refractivity contribution in [3.63, 3.8) is 0 Å². The molecule has 2 aromatic rings. The third kappa shape index (κ3) is 4.86. The first-order valence-electron chi connectivity index (χ1n) is 7.42. The second kappa shape index (κ2) is 6.97. The van der Waals surface area contributed by atoms with Gasteiger partial charge in [0.25, 0.3) is 5.91 Å². The molecule has 2 aromatic carbocycles. The van der Waals surface area contributed by atoms with Gasteiger partial charge < -0.3 is 10.1 Å². The van der Waals surface area contributed by atoms with Crippen LogP contribution in [0.5, 0.6) is 5.75 Å². The number of carbonyl (C=O) groups is 1. The van der Waals surface area contributed by atoms with Gasteiger partial charge in [-0.2, -0.15) is 5.26 Å². The Bertz CT molecular complexity index is 705. The minimum absolute atomic E-state index is 0.0765. The van der Waals surface area contributed by atoms with Crippen LogP contribution in [0.15, 0.2) is 48.5 Å². The van der Waals surface area contributed by atoms with Crippen molar-refractivity contribution in [2.45, 2.75) is 26.2 Å². The molecule has 1 amide bonds. The van der Waals surface area contributed by atoms with E-state index in [0.29, 0.717) is 11.3 Å². The number of nitrogens with one attached hydrogen (secondary N) is 1. The number of anilines is 1. The smallest absolute Gasteiger partial charge is 0.262 e. The highest BCUT2D eigenvalue weighted by atomic mass is 16.5. The summed E-state index contributed by atoms with van der Waals surface area (Å²) in [6.07, 6.45) is 0. The van der Waals surface area contributed by atoms with Crippen molar-refractivity contribution in [3.05, 3.63) is 59.7 Å². The molecule has 0 saturated carbocycles. The van der Waals surface area contributed by atoms with Gasteiger partial charge >= 0.3 is 0 Å². The predicted octanol–water partition coefficient (Wildman–Crippen LogP) is 3.87. The van der Waals surface area contributed by atoms with Gasteiger partial charge in [-0.15, -0.1) is 0 Å². The van der Waals surface area contributed by atoms with Crippen molar-refractivity contribution < 1.29 is 9.53 Å². The summed E-state index contributed by atoms with van der Waals surface area (Å²) < 4.78 is 5.40. The Morgan fingerprint density at radius 1 is 1.09 bits per heavy atom. The zero-order chi connectivity index (χ0) is 16.9. The third-order valence-corrected chi connectivity index (χ3v) is 3.39. The lowest BCUT2D eigenvalue weighted by atomic mass is 9.87. The van der Waals surface area contributed by atoms with E-state index in [1.165, 1.54) is 5.56 Å². The fourth-order valence-corrected chi connectivity index (χ4v) is 2.03. The Labute approximate surface area is 136 Å². The molecule has 0 aliphatic rings. The van der Waals surface area contributed by atoms with Crippen molar-refractivity contribution >= 4 is 11.6 Å². The van der Waals surface area contributed by atoms with Gasteiger partial charge in [0.05, 0.1) is 11.6 Å². The lowest BCUT2D eigenvalue weighted by Gasteiger charge is -2.19. The molecule has 0 bridgehead atoms. The summed E-state index contributed by atoms with van der Waals surface area (Å²) in [7, 11) is 0. The summed E-state index contributed by atoms with van der Waals surface area (Å²) in [6.45, 7) is 6.36. The highest BCUT2D eigenvalue weighted by Crippen LogP contribution is 2.23. The van der Waals surface area contributed by atoms with Gasteiger partial charge in [-0.05, 0) is 47.4 Å². The maximum absolute atomic E-state index is 11.9. The van der Waals surface area contributed by atoms with E-state index < -0.39 is 0 Å². The fraction of sp³-hybridized carbons (Fsp3) is 0.263. The van der Waals surface area contributed by atoms with Crippen molar-refractivity contribution in [2.24, 2.45) is 0 Å². The lowest BCUT2D eigenvalue weighted by molar-refractivity contribution is -0.118. The SMILES string of the molecule is CC(C)(C)c1ccc(NC(=O)COc2ccc(C#N)cc2)cc1. The minimum atomic E-state index is -0.224. The maximum atomic E-state index is 11.9. The van der Waals surface area contributed by atoms with Crippen LogP contribution in [0.3, 0.4) is 0 Å². The van der Waals surface area contributed by atoms with Crippen molar-refractivity contribution in [1.29, 1.82) is 5.26 Å². The summed E-state index contributed by atoms with van der Waals surface area (Å²) >= 11 is 0. The van der Waals surface area contributed by atoms with Gasteiger partial charge in [0.15, 0.2) is 6.61 Å². The highest BCUT2D eigenvalue weighted by molar-refractivity contribution is 5.91. The number of hydrogen-bond donors (Lipinski definition) is 1. The Hall–Kier alpha value is -2.80. The summed E-state index contributed by atoms with van der Waals surface area (Å²) in [5.41, 5.74) is 2.60. The quantitative estimate of drug-likeness (QED) is 0.932. The van der Waals surface area contributed by atoms with Crippen molar-refractivity contribution in [1.82, 2.24) is 0 Å². The summed E-state index contributed by atoms with van der Waals surface area (Å²) in [4.78, 5) is 11.9. The van der Waals surface area contributed by atoms with Crippen LogP contribution in [-0.2, 0) is 10.2 Å². The zero-order valence-electron chi connectivity index (χ0n) is 13.6. The summed E-state index contributed by atoms with van der Waals surface area (Å²) in [5, 5.41) is 11.5. The van der Waals surface area contributed by atoms with Gasteiger partial charge in [-0.25, -0.2) is 0 Å². The van der Waals surface area contributed by atoms with Crippen LogP contribution in [0.1, 0.15) is 31.9 Å². The second-order valence-electron chi connectivity index (χ2n) is 6.30. The van der Waals surface area contributed by atoms with E-state index in [0.717, 1.165) is 5.69 Å². The molecule has 4 heteroatoms. The molecule has 0 spiro atoms. The Morgan fingerprint density at radius 3 is 2.22 bits per heavy atom. The van der Waals surface area contributed by atoms with E-state index in [1.807, 2.05) is 30.3 Å². The number of rotatable bonds is 4. The molecule has 0 saturated heterocycles. The van der Waals surface area contributed by atoms with Crippen LogP contribution in [0.25, 0.3) is 0 Å². The lowest BCUT2D eigenvalue weighted by Crippen LogP contribution is -2.20. The largest absolute Gasteiger partial charge is 0.484 e. The van der Waals surface area contributed by atoms with Crippen LogP contribution in [0.4, 0.5) is 5.69 Å². The molecule has 4 nitrogen and oxygen atoms in total. The van der Waals surface area contributed by atoms with Crippen molar-refractivity contribution in [3.8, 4) is 11.8 Å². The standard InChI is InChI=1S/C19H20N2O2/c1-19(2,3)15-6-8-16(9-7-15)21-18(22)13-23-17-10-4-14(12-20)5-11-17/h4-11H,13H2,1-3H3,(H,21,22). The van der Waals surface area contributed by atoms with E-state index >= 15 is 0 Å². The van der Waals surface area contributed by atoms with E-state index in [2.05, 4.69) is 26.1 Å². The van der Waals surface area contributed by atoms with Crippen LogP contribution < -0.4 is 10.1 Å². The fourth-order valence-electron chi connectivity index (χ4n) is 2.03.